The molecule has 0 amide bonds. The Balaban J connectivity index is 1.98. The van der Waals surface area contributed by atoms with E-state index in [1.807, 2.05) is 0 Å². The van der Waals surface area contributed by atoms with Crippen molar-refractivity contribution >= 4 is 39.0 Å². The summed E-state index contributed by atoms with van der Waals surface area (Å²) in [5, 5.41) is 4.15. The highest BCUT2D eigenvalue weighted by molar-refractivity contribution is 7.21. The van der Waals surface area contributed by atoms with Gasteiger partial charge in [-0.15, -0.1) is 11.3 Å². The summed E-state index contributed by atoms with van der Waals surface area (Å²) in [5.41, 5.74) is 5.05. The van der Waals surface area contributed by atoms with E-state index in [-0.39, 0.29) is 22.3 Å². The van der Waals surface area contributed by atoms with E-state index in [9.17, 15) is 13.2 Å². The predicted octanol–water partition coefficient (Wildman–Crippen LogP) is 4.19. The molecule has 0 fully saturated rings. The zero-order valence-corrected chi connectivity index (χ0v) is 14.3. The molecule has 0 aliphatic carbocycles. The van der Waals surface area contributed by atoms with Gasteiger partial charge in [-0.3, -0.25) is 0 Å². The summed E-state index contributed by atoms with van der Waals surface area (Å²) in [6.07, 6.45) is -1.95. The van der Waals surface area contributed by atoms with Crippen LogP contribution in [0.2, 0.25) is 5.02 Å². The molecular formula is C15H8ClF3N6S. The van der Waals surface area contributed by atoms with Gasteiger partial charge in [0.25, 0.3) is 5.95 Å². The Bertz CT molecular complexity index is 1110. The minimum atomic E-state index is -4.72. The molecule has 0 saturated carbocycles. The molecule has 0 saturated heterocycles. The first kappa shape index (κ1) is 16.7. The molecule has 1 aromatic carbocycles. The molecule has 6 nitrogen and oxygen atoms in total. The number of aromatic nitrogens is 5. The Labute approximate surface area is 153 Å². The molecule has 4 aromatic rings. The lowest BCUT2D eigenvalue weighted by atomic mass is 10.2. The van der Waals surface area contributed by atoms with Crippen molar-refractivity contribution < 1.29 is 13.2 Å². The van der Waals surface area contributed by atoms with Crippen LogP contribution in [-0.2, 0) is 6.18 Å². The lowest BCUT2D eigenvalue weighted by Crippen LogP contribution is -2.09. The van der Waals surface area contributed by atoms with Gasteiger partial charge >= 0.3 is 6.18 Å². The number of fused-ring (bicyclic) bond motifs is 1. The van der Waals surface area contributed by atoms with Gasteiger partial charge in [0.15, 0.2) is 5.69 Å². The molecule has 26 heavy (non-hydrogen) atoms. The van der Waals surface area contributed by atoms with Crippen molar-refractivity contribution in [3.63, 3.8) is 0 Å². The van der Waals surface area contributed by atoms with Crippen molar-refractivity contribution in [1.29, 1.82) is 0 Å². The summed E-state index contributed by atoms with van der Waals surface area (Å²) in [6, 6.07) is 6.41. The van der Waals surface area contributed by atoms with Crippen LogP contribution in [0.1, 0.15) is 5.69 Å². The summed E-state index contributed by atoms with van der Waals surface area (Å²) in [6.45, 7) is 0. The third-order valence-corrected chi connectivity index (χ3v) is 4.77. The lowest BCUT2D eigenvalue weighted by Gasteiger charge is -2.03. The summed E-state index contributed by atoms with van der Waals surface area (Å²) in [5.74, 6) is -0.306. The van der Waals surface area contributed by atoms with E-state index in [0.717, 1.165) is 16.0 Å². The summed E-state index contributed by atoms with van der Waals surface area (Å²) < 4.78 is 42.1. The third kappa shape index (κ3) is 2.76. The average Bonchev–Trinajstić information content (AvgIpc) is 3.15. The third-order valence-electron chi connectivity index (χ3n) is 3.50. The fraction of sp³-hybridized carbons (Fsp3) is 0.0667. The second-order valence-corrected chi connectivity index (χ2v) is 6.67. The maximum atomic E-state index is 13.5. The first-order chi connectivity index (χ1) is 12.3. The normalized spacial score (nSPS) is 12.0. The number of halogens is 4. The van der Waals surface area contributed by atoms with E-state index in [4.69, 9.17) is 17.3 Å². The number of thiazole rings is 1. The minimum absolute atomic E-state index is 0.0640. The Morgan fingerprint density at radius 3 is 2.58 bits per heavy atom. The van der Waals surface area contributed by atoms with Gasteiger partial charge in [0.2, 0.25) is 0 Å². The molecular weight excluding hydrogens is 389 g/mol. The molecule has 4 rings (SSSR count). The molecule has 0 aliphatic rings. The van der Waals surface area contributed by atoms with Gasteiger partial charge in [0.1, 0.15) is 10.8 Å². The standard InChI is InChI=1S/C15H8ClF3N6S/c16-7-2-3-8-9(6-7)26-13(23-8)10-11(15(17,18)19)24-25(12(10)20)14-21-4-1-5-22-14/h1-6H,20H2. The van der Waals surface area contributed by atoms with Gasteiger partial charge in [-0.1, -0.05) is 11.6 Å². The van der Waals surface area contributed by atoms with E-state index >= 15 is 0 Å². The van der Waals surface area contributed by atoms with Gasteiger partial charge in [-0.05, 0) is 24.3 Å². The Morgan fingerprint density at radius 2 is 1.88 bits per heavy atom. The van der Waals surface area contributed by atoms with E-state index in [0.29, 0.717) is 15.2 Å². The molecule has 0 atom stereocenters. The molecule has 0 bridgehead atoms. The van der Waals surface area contributed by atoms with Crippen LogP contribution in [0, 0.1) is 0 Å². The largest absolute Gasteiger partial charge is 0.435 e. The van der Waals surface area contributed by atoms with E-state index in [1.54, 1.807) is 18.2 Å². The highest BCUT2D eigenvalue weighted by Gasteiger charge is 2.40. The summed E-state index contributed by atoms with van der Waals surface area (Å²) in [4.78, 5) is 12.1. The Morgan fingerprint density at radius 1 is 1.15 bits per heavy atom. The monoisotopic (exact) mass is 396 g/mol. The van der Waals surface area contributed by atoms with Gasteiger partial charge in [0.05, 0.1) is 15.8 Å². The van der Waals surface area contributed by atoms with Crippen LogP contribution in [0.15, 0.2) is 36.7 Å². The molecule has 3 heterocycles. The zero-order valence-electron chi connectivity index (χ0n) is 12.7. The van der Waals surface area contributed by atoms with Crippen LogP contribution < -0.4 is 5.73 Å². The van der Waals surface area contributed by atoms with Crippen molar-refractivity contribution in [2.75, 3.05) is 5.73 Å². The highest BCUT2D eigenvalue weighted by Crippen LogP contribution is 2.43. The second-order valence-electron chi connectivity index (χ2n) is 5.20. The first-order valence-electron chi connectivity index (χ1n) is 7.14. The second kappa shape index (κ2) is 5.92. The lowest BCUT2D eigenvalue weighted by molar-refractivity contribution is -0.140. The molecule has 0 radical (unpaired) electrons. The van der Waals surface area contributed by atoms with Crippen LogP contribution in [0.5, 0.6) is 0 Å². The molecule has 132 valence electrons. The first-order valence-corrected chi connectivity index (χ1v) is 8.33. The maximum absolute atomic E-state index is 13.5. The number of benzene rings is 1. The van der Waals surface area contributed by atoms with Crippen molar-refractivity contribution in [2.24, 2.45) is 0 Å². The maximum Gasteiger partial charge on any atom is 0.435 e. The molecule has 0 spiro atoms. The smallest absolute Gasteiger partial charge is 0.383 e. The number of nitrogens with zero attached hydrogens (tertiary/aromatic N) is 5. The molecule has 0 aliphatic heterocycles. The summed E-state index contributed by atoms with van der Waals surface area (Å²) in [7, 11) is 0. The van der Waals surface area contributed by atoms with Crippen LogP contribution >= 0.6 is 22.9 Å². The van der Waals surface area contributed by atoms with Crippen LogP contribution in [0.25, 0.3) is 26.7 Å². The van der Waals surface area contributed by atoms with Gasteiger partial charge in [-0.25, -0.2) is 15.0 Å². The topological polar surface area (TPSA) is 82.5 Å². The number of anilines is 1. The number of nitrogen functional groups attached to an aromatic ring is 1. The number of hydrogen-bond acceptors (Lipinski definition) is 6. The Hall–Kier alpha value is -2.72. The zero-order chi connectivity index (χ0) is 18.5. The van der Waals surface area contributed by atoms with Crippen molar-refractivity contribution in [3.8, 4) is 16.5 Å². The fourth-order valence-electron chi connectivity index (χ4n) is 2.40. The van der Waals surface area contributed by atoms with Gasteiger partial charge < -0.3 is 5.73 Å². The molecule has 11 heteroatoms. The van der Waals surface area contributed by atoms with Crippen LogP contribution in [-0.4, -0.2) is 24.7 Å². The van der Waals surface area contributed by atoms with Gasteiger partial charge in [-0.2, -0.15) is 23.0 Å². The molecule has 2 N–H and O–H groups in total. The quantitative estimate of drug-likeness (QED) is 0.549. The number of hydrogen-bond donors (Lipinski definition) is 1. The van der Waals surface area contributed by atoms with Gasteiger partial charge in [0, 0.05) is 17.4 Å². The summed E-state index contributed by atoms with van der Waals surface area (Å²) >= 11 is 6.98. The fourth-order valence-corrected chi connectivity index (χ4v) is 3.70. The number of rotatable bonds is 2. The average molecular weight is 397 g/mol. The predicted molar refractivity (Wildman–Crippen MR) is 92.2 cm³/mol. The SMILES string of the molecule is Nc1c(-c2nc3ccc(Cl)cc3s2)c(C(F)(F)F)nn1-c1ncccn1. The van der Waals surface area contributed by atoms with E-state index in [1.165, 1.54) is 18.5 Å². The highest BCUT2D eigenvalue weighted by atomic mass is 35.5. The van der Waals surface area contributed by atoms with Crippen molar-refractivity contribution in [1.82, 2.24) is 24.7 Å². The number of nitrogens with two attached hydrogens (primary N) is 1. The Kier molecular flexibility index (Phi) is 3.81. The van der Waals surface area contributed by atoms with Crippen LogP contribution in [0.4, 0.5) is 19.0 Å². The van der Waals surface area contributed by atoms with Crippen LogP contribution in [0.3, 0.4) is 0 Å². The number of alkyl halides is 3. The minimum Gasteiger partial charge on any atom is -0.383 e. The van der Waals surface area contributed by atoms with Crippen molar-refractivity contribution in [3.05, 3.63) is 47.4 Å². The van der Waals surface area contributed by atoms with E-state index < -0.39 is 11.9 Å². The molecule has 3 aromatic heterocycles. The van der Waals surface area contributed by atoms with Crippen molar-refractivity contribution in [2.45, 2.75) is 6.18 Å². The van der Waals surface area contributed by atoms with E-state index in [2.05, 4.69) is 20.1 Å². The molecule has 0 unspecified atom stereocenters.